The van der Waals surface area contributed by atoms with Crippen molar-refractivity contribution in [1.29, 1.82) is 0 Å². The summed E-state index contributed by atoms with van der Waals surface area (Å²) in [5, 5.41) is 0. The highest BCUT2D eigenvalue weighted by atomic mass is 35.5. The first-order valence-electron chi connectivity index (χ1n) is 4.21. The summed E-state index contributed by atoms with van der Waals surface area (Å²) < 4.78 is 6.53. The summed E-state index contributed by atoms with van der Waals surface area (Å²) in [6.07, 6.45) is 5.19. The lowest BCUT2D eigenvalue weighted by molar-refractivity contribution is 0.225. The molecule has 0 amide bonds. The topological polar surface area (TPSA) is 44.1 Å². The molecule has 0 aliphatic carbocycles. The third-order valence-corrected chi connectivity index (χ3v) is 1.91. The molecule has 0 spiro atoms. The van der Waals surface area contributed by atoms with Crippen LogP contribution in [0, 0.1) is 0 Å². The fraction of sp³-hybridized carbons (Fsp3) is 0. The van der Waals surface area contributed by atoms with E-state index in [4.69, 9.17) is 11.6 Å². The van der Waals surface area contributed by atoms with Crippen molar-refractivity contribution >= 4 is 17.0 Å². The number of imidazole rings is 1. The monoisotopic (exact) mass is 222 g/mol. The average molecular weight is 223 g/mol. The van der Waals surface area contributed by atoms with Gasteiger partial charge in [0.2, 0.25) is 0 Å². The molecule has 0 N–H and O–H groups in total. The van der Waals surface area contributed by atoms with Gasteiger partial charge in [-0.1, -0.05) is 0 Å². The summed E-state index contributed by atoms with van der Waals surface area (Å²) in [4.78, 5) is 14.4. The van der Waals surface area contributed by atoms with Crippen molar-refractivity contribution in [3.05, 3.63) is 43.0 Å². The van der Waals surface area contributed by atoms with Crippen LogP contribution in [0.3, 0.4) is 0 Å². The molecule has 5 heteroatoms. The Bertz CT molecular complexity index is 451. The van der Waals surface area contributed by atoms with Gasteiger partial charge in [0.1, 0.15) is 5.75 Å². The lowest BCUT2D eigenvalue weighted by atomic mass is 10.3. The number of halogens is 1. The molecule has 2 aromatic rings. The van der Waals surface area contributed by atoms with Crippen LogP contribution in [0.1, 0.15) is 0 Å². The van der Waals surface area contributed by atoms with Crippen LogP contribution in [0.4, 0.5) is 4.79 Å². The summed E-state index contributed by atoms with van der Waals surface area (Å²) in [7, 11) is 0. The maximum atomic E-state index is 10.5. The van der Waals surface area contributed by atoms with E-state index in [1.165, 1.54) is 0 Å². The molecule has 0 saturated heterocycles. The van der Waals surface area contributed by atoms with E-state index in [0.29, 0.717) is 5.75 Å². The van der Waals surface area contributed by atoms with Crippen molar-refractivity contribution in [2.24, 2.45) is 0 Å². The Morgan fingerprint density at radius 2 is 2.07 bits per heavy atom. The van der Waals surface area contributed by atoms with Crippen molar-refractivity contribution < 1.29 is 9.53 Å². The number of aromatic nitrogens is 2. The van der Waals surface area contributed by atoms with Gasteiger partial charge in [-0.05, 0) is 24.3 Å². The fourth-order valence-corrected chi connectivity index (χ4v) is 1.28. The third kappa shape index (κ3) is 2.35. The summed E-state index contributed by atoms with van der Waals surface area (Å²) >= 11 is 5.08. The number of carbonyl (C=O) groups excluding carboxylic acids is 1. The van der Waals surface area contributed by atoms with Crippen molar-refractivity contribution in [3.8, 4) is 11.4 Å². The van der Waals surface area contributed by atoms with Crippen LogP contribution in [0.25, 0.3) is 5.69 Å². The van der Waals surface area contributed by atoms with Gasteiger partial charge in [0, 0.05) is 29.7 Å². The molecule has 0 radical (unpaired) electrons. The van der Waals surface area contributed by atoms with Gasteiger partial charge >= 0.3 is 5.43 Å². The molecule has 1 heterocycles. The first kappa shape index (κ1) is 9.73. The SMILES string of the molecule is O=C(Cl)Oc1ccc(-n2ccnc2)cc1. The highest BCUT2D eigenvalue weighted by Crippen LogP contribution is 2.15. The van der Waals surface area contributed by atoms with Crippen molar-refractivity contribution in [2.75, 3.05) is 0 Å². The molecule has 0 fully saturated rings. The minimum atomic E-state index is -0.842. The number of hydrogen-bond acceptors (Lipinski definition) is 3. The van der Waals surface area contributed by atoms with Gasteiger partial charge in [0.25, 0.3) is 0 Å². The lowest BCUT2D eigenvalue weighted by Crippen LogP contribution is -1.96. The first-order chi connectivity index (χ1) is 7.25. The van der Waals surface area contributed by atoms with E-state index in [2.05, 4.69) is 9.72 Å². The molecule has 1 aromatic heterocycles. The summed E-state index contributed by atoms with van der Waals surface area (Å²) in [6, 6.07) is 6.93. The number of ether oxygens (including phenoxy) is 1. The molecule has 0 unspecified atom stereocenters. The van der Waals surface area contributed by atoms with Crippen LogP contribution in [0.5, 0.6) is 5.75 Å². The Morgan fingerprint density at radius 3 is 2.60 bits per heavy atom. The highest BCUT2D eigenvalue weighted by molar-refractivity contribution is 6.61. The first-order valence-corrected chi connectivity index (χ1v) is 4.59. The van der Waals surface area contributed by atoms with Crippen LogP contribution in [-0.2, 0) is 0 Å². The standard InChI is InChI=1S/C10H7ClN2O2/c11-10(14)15-9-3-1-8(2-4-9)13-6-5-12-7-13/h1-7H. The Morgan fingerprint density at radius 1 is 1.33 bits per heavy atom. The minimum absolute atomic E-state index is 0.416. The second kappa shape index (κ2) is 4.14. The van der Waals surface area contributed by atoms with E-state index >= 15 is 0 Å². The molecule has 0 bridgehead atoms. The Balaban J connectivity index is 2.21. The van der Waals surface area contributed by atoms with Crippen LogP contribution in [0.2, 0.25) is 0 Å². The van der Waals surface area contributed by atoms with Crippen molar-refractivity contribution in [1.82, 2.24) is 9.55 Å². The normalized spacial score (nSPS) is 9.93. The minimum Gasteiger partial charge on any atom is -0.415 e. The summed E-state index contributed by atoms with van der Waals surface area (Å²) in [6.45, 7) is 0. The molecule has 76 valence electrons. The number of hydrogen-bond donors (Lipinski definition) is 0. The average Bonchev–Trinajstić information content (AvgIpc) is 2.71. The van der Waals surface area contributed by atoms with E-state index in [9.17, 15) is 4.79 Å². The van der Waals surface area contributed by atoms with Gasteiger partial charge < -0.3 is 9.30 Å². The van der Waals surface area contributed by atoms with E-state index in [1.807, 2.05) is 10.8 Å². The summed E-state index contributed by atoms with van der Waals surface area (Å²) in [5.74, 6) is 0.416. The molecular formula is C10H7ClN2O2. The highest BCUT2D eigenvalue weighted by Gasteiger charge is 2.00. The third-order valence-electron chi connectivity index (χ3n) is 1.84. The number of carbonyl (C=O) groups is 1. The van der Waals surface area contributed by atoms with Gasteiger partial charge in [0.15, 0.2) is 0 Å². The van der Waals surface area contributed by atoms with E-state index < -0.39 is 5.43 Å². The van der Waals surface area contributed by atoms with Crippen LogP contribution >= 0.6 is 11.6 Å². The largest absolute Gasteiger partial charge is 0.415 e. The molecule has 4 nitrogen and oxygen atoms in total. The Labute approximate surface area is 91.1 Å². The molecular weight excluding hydrogens is 216 g/mol. The molecule has 0 aliphatic rings. The van der Waals surface area contributed by atoms with E-state index in [0.717, 1.165) is 5.69 Å². The molecule has 0 aliphatic heterocycles. The van der Waals surface area contributed by atoms with Crippen molar-refractivity contribution in [2.45, 2.75) is 0 Å². The van der Waals surface area contributed by atoms with Gasteiger partial charge in [-0.3, -0.25) is 0 Å². The smallest absolute Gasteiger partial charge is 0.409 e. The number of rotatable bonds is 2. The van der Waals surface area contributed by atoms with E-state index in [1.54, 1.807) is 36.8 Å². The van der Waals surface area contributed by atoms with Gasteiger partial charge in [0.05, 0.1) is 6.33 Å². The Kier molecular flexibility index (Phi) is 2.69. The Hall–Kier alpha value is -1.81. The van der Waals surface area contributed by atoms with Gasteiger partial charge in [-0.25, -0.2) is 9.78 Å². The number of nitrogens with zero attached hydrogens (tertiary/aromatic N) is 2. The van der Waals surface area contributed by atoms with Gasteiger partial charge in [-0.2, -0.15) is 0 Å². The van der Waals surface area contributed by atoms with Crippen LogP contribution in [-0.4, -0.2) is 15.0 Å². The quantitative estimate of drug-likeness (QED) is 0.734. The second-order valence-electron chi connectivity index (χ2n) is 2.80. The van der Waals surface area contributed by atoms with Crippen LogP contribution < -0.4 is 4.74 Å². The lowest BCUT2D eigenvalue weighted by Gasteiger charge is -2.03. The maximum absolute atomic E-state index is 10.5. The maximum Gasteiger partial charge on any atom is 0.409 e. The van der Waals surface area contributed by atoms with E-state index in [-0.39, 0.29) is 0 Å². The predicted octanol–water partition coefficient (Wildman–Crippen LogP) is 2.61. The zero-order chi connectivity index (χ0) is 10.7. The predicted molar refractivity (Wildman–Crippen MR) is 55.4 cm³/mol. The summed E-state index contributed by atoms with van der Waals surface area (Å²) in [5.41, 5.74) is 0.0900. The van der Waals surface area contributed by atoms with Crippen LogP contribution in [0.15, 0.2) is 43.0 Å². The second-order valence-corrected chi connectivity index (χ2v) is 3.11. The molecule has 15 heavy (non-hydrogen) atoms. The van der Waals surface area contributed by atoms with Gasteiger partial charge in [-0.15, -0.1) is 0 Å². The molecule has 0 saturated carbocycles. The fourth-order valence-electron chi connectivity index (χ4n) is 1.19. The zero-order valence-electron chi connectivity index (χ0n) is 7.63. The molecule has 1 aromatic carbocycles. The number of benzene rings is 1. The molecule has 2 rings (SSSR count). The zero-order valence-corrected chi connectivity index (χ0v) is 8.39. The van der Waals surface area contributed by atoms with Crippen molar-refractivity contribution in [3.63, 3.8) is 0 Å². The molecule has 0 atom stereocenters.